The van der Waals surface area contributed by atoms with Crippen LogP contribution in [0.2, 0.25) is 0 Å². The van der Waals surface area contributed by atoms with Gasteiger partial charge in [0.05, 0.1) is 0 Å². The first-order valence-corrected chi connectivity index (χ1v) is 6.76. The Morgan fingerprint density at radius 1 is 1.59 bits per heavy atom. The van der Waals surface area contributed by atoms with E-state index in [-0.39, 0.29) is 11.7 Å². The zero-order valence-electron chi connectivity index (χ0n) is 9.86. The van der Waals surface area contributed by atoms with Gasteiger partial charge in [-0.15, -0.1) is 0 Å². The summed E-state index contributed by atoms with van der Waals surface area (Å²) in [6, 6.07) is 1.78. The number of hydrogen-bond donors (Lipinski definition) is 2. The van der Waals surface area contributed by atoms with Crippen LogP contribution in [0.1, 0.15) is 21.9 Å². The van der Waals surface area contributed by atoms with Crippen LogP contribution in [0, 0.1) is 6.92 Å². The molecular weight excluding hydrogens is 238 g/mol. The van der Waals surface area contributed by atoms with Crippen molar-refractivity contribution in [2.45, 2.75) is 13.5 Å². The molecule has 17 heavy (non-hydrogen) atoms. The minimum absolute atomic E-state index is 0.284. The van der Waals surface area contributed by atoms with Gasteiger partial charge in [0.15, 0.2) is 5.76 Å². The third kappa shape index (κ3) is 3.02. The molecule has 0 radical (unpaired) electrons. The van der Waals surface area contributed by atoms with E-state index < -0.39 is 0 Å². The molecular formula is C11H17N3O2S. The van der Waals surface area contributed by atoms with E-state index in [1.807, 2.05) is 18.7 Å². The Kier molecular flexibility index (Phi) is 4.09. The van der Waals surface area contributed by atoms with Crippen LogP contribution in [0.25, 0.3) is 0 Å². The summed E-state index contributed by atoms with van der Waals surface area (Å²) in [5, 5.41) is 0. The Hall–Kier alpha value is -0.980. The van der Waals surface area contributed by atoms with Crippen molar-refractivity contribution >= 4 is 17.7 Å². The van der Waals surface area contributed by atoms with Crippen molar-refractivity contribution in [3.05, 3.63) is 23.2 Å². The Labute approximate surface area is 105 Å². The zero-order valence-corrected chi connectivity index (χ0v) is 10.7. The number of nitrogens with one attached hydrogen (secondary N) is 1. The van der Waals surface area contributed by atoms with Crippen molar-refractivity contribution in [3.8, 4) is 0 Å². The van der Waals surface area contributed by atoms with Gasteiger partial charge in [0.2, 0.25) is 0 Å². The van der Waals surface area contributed by atoms with E-state index in [2.05, 4.69) is 10.3 Å². The highest BCUT2D eigenvalue weighted by Crippen LogP contribution is 2.18. The SMILES string of the molecule is Cc1oc(C(=O)NN)cc1CN1CCSCC1. The summed E-state index contributed by atoms with van der Waals surface area (Å²) >= 11 is 1.98. The molecule has 5 nitrogen and oxygen atoms in total. The fourth-order valence-corrected chi connectivity index (χ4v) is 2.84. The molecule has 0 aliphatic carbocycles. The van der Waals surface area contributed by atoms with Crippen molar-refractivity contribution in [2.75, 3.05) is 24.6 Å². The number of carbonyl (C=O) groups excluding carboxylic acids is 1. The van der Waals surface area contributed by atoms with Gasteiger partial charge in [0.1, 0.15) is 5.76 Å². The lowest BCUT2D eigenvalue weighted by Crippen LogP contribution is -2.32. The van der Waals surface area contributed by atoms with Crippen molar-refractivity contribution in [1.29, 1.82) is 0 Å². The minimum Gasteiger partial charge on any atom is -0.456 e. The van der Waals surface area contributed by atoms with Gasteiger partial charge in [-0.2, -0.15) is 11.8 Å². The molecule has 3 N–H and O–H groups in total. The second-order valence-electron chi connectivity index (χ2n) is 4.05. The van der Waals surface area contributed by atoms with E-state index in [1.165, 1.54) is 11.5 Å². The number of hydrazine groups is 1. The molecule has 1 aliphatic rings. The molecule has 2 rings (SSSR count). The van der Waals surface area contributed by atoms with Gasteiger partial charge < -0.3 is 4.42 Å². The molecule has 1 fully saturated rings. The van der Waals surface area contributed by atoms with Crippen LogP contribution in [0.5, 0.6) is 0 Å². The highest BCUT2D eigenvalue weighted by molar-refractivity contribution is 7.99. The monoisotopic (exact) mass is 255 g/mol. The number of furan rings is 1. The van der Waals surface area contributed by atoms with E-state index in [0.717, 1.165) is 31.0 Å². The first-order valence-electron chi connectivity index (χ1n) is 5.61. The van der Waals surface area contributed by atoms with E-state index in [0.29, 0.717) is 0 Å². The van der Waals surface area contributed by atoms with Gasteiger partial charge in [0, 0.05) is 36.7 Å². The molecule has 0 spiro atoms. The highest BCUT2D eigenvalue weighted by atomic mass is 32.2. The summed E-state index contributed by atoms with van der Waals surface area (Å²) in [6.07, 6.45) is 0. The Balaban J connectivity index is 2.04. The highest BCUT2D eigenvalue weighted by Gasteiger charge is 2.17. The molecule has 1 aliphatic heterocycles. The van der Waals surface area contributed by atoms with Gasteiger partial charge >= 0.3 is 5.91 Å². The Bertz CT molecular complexity index is 399. The summed E-state index contributed by atoms with van der Waals surface area (Å²) in [7, 11) is 0. The summed E-state index contributed by atoms with van der Waals surface area (Å²) in [6.45, 7) is 4.90. The van der Waals surface area contributed by atoms with E-state index in [9.17, 15) is 4.79 Å². The zero-order chi connectivity index (χ0) is 12.3. The van der Waals surface area contributed by atoms with E-state index >= 15 is 0 Å². The van der Waals surface area contributed by atoms with Gasteiger partial charge in [-0.25, -0.2) is 5.84 Å². The van der Waals surface area contributed by atoms with Crippen molar-refractivity contribution in [1.82, 2.24) is 10.3 Å². The number of hydrogen-bond acceptors (Lipinski definition) is 5. The molecule has 1 amide bonds. The standard InChI is InChI=1S/C11H17N3O2S/c1-8-9(6-10(16-8)11(15)13-12)7-14-2-4-17-5-3-14/h6H,2-5,7,12H2,1H3,(H,13,15). The van der Waals surface area contributed by atoms with Crippen LogP contribution in [0.15, 0.2) is 10.5 Å². The first kappa shape index (κ1) is 12.5. The van der Waals surface area contributed by atoms with Crippen LogP contribution in [0.3, 0.4) is 0 Å². The Morgan fingerprint density at radius 3 is 2.94 bits per heavy atom. The number of amides is 1. The molecule has 0 atom stereocenters. The number of thioether (sulfide) groups is 1. The first-order chi connectivity index (χ1) is 8.20. The van der Waals surface area contributed by atoms with Crippen LogP contribution in [-0.4, -0.2) is 35.4 Å². The summed E-state index contributed by atoms with van der Waals surface area (Å²) < 4.78 is 5.38. The average molecular weight is 255 g/mol. The molecule has 94 valence electrons. The van der Waals surface area contributed by atoms with Crippen LogP contribution in [-0.2, 0) is 6.54 Å². The van der Waals surface area contributed by atoms with E-state index in [4.69, 9.17) is 10.3 Å². The smallest absolute Gasteiger partial charge is 0.300 e. The summed E-state index contributed by atoms with van der Waals surface area (Å²) in [5.41, 5.74) is 3.14. The predicted molar refractivity (Wildman–Crippen MR) is 67.7 cm³/mol. The lowest BCUT2D eigenvalue weighted by atomic mass is 10.2. The maximum atomic E-state index is 11.3. The lowest BCUT2D eigenvalue weighted by molar-refractivity contribution is 0.0924. The second-order valence-corrected chi connectivity index (χ2v) is 5.28. The quantitative estimate of drug-likeness (QED) is 0.473. The molecule has 1 saturated heterocycles. The molecule has 6 heteroatoms. The molecule has 0 unspecified atom stereocenters. The Morgan fingerprint density at radius 2 is 2.29 bits per heavy atom. The van der Waals surface area contributed by atoms with Crippen molar-refractivity contribution in [2.24, 2.45) is 5.84 Å². The number of nitrogen functional groups attached to an aromatic ring is 1. The molecule has 0 bridgehead atoms. The third-order valence-electron chi connectivity index (χ3n) is 2.87. The molecule has 1 aromatic heterocycles. The maximum Gasteiger partial charge on any atom is 0.300 e. The number of nitrogens with zero attached hydrogens (tertiary/aromatic N) is 1. The summed E-state index contributed by atoms with van der Waals surface area (Å²) in [4.78, 5) is 13.7. The average Bonchev–Trinajstić information content (AvgIpc) is 2.71. The van der Waals surface area contributed by atoms with Gasteiger partial charge in [-0.3, -0.25) is 15.1 Å². The number of rotatable bonds is 3. The maximum absolute atomic E-state index is 11.3. The number of aryl methyl sites for hydroxylation is 1. The largest absolute Gasteiger partial charge is 0.456 e. The van der Waals surface area contributed by atoms with Gasteiger partial charge in [-0.05, 0) is 13.0 Å². The van der Waals surface area contributed by atoms with Crippen molar-refractivity contribution < 1.29 is 9.21 Å². The predicted octanol–water partition coefficient (Wildman–Crippen LogP) is 0.740. The third-order valence-corrected chi connectivity index (χ3v) is 3.82. The van der Waals surface area contributed by atoms with Crippen LogP contribution < -0.4 is 11.3 Å². The van der Waals surface area contributed by atoms with Crippen molar-refractivity contribution in [3.63, 3.8) is 0 Å². The molecule has 1 aromatic rings. The number of nitrogens with two attached hydrogens (primary N) is 1. The van der Waals surface area contributed by atoms with Gasteiger partial charge in [0.25, 0.3) is 0 Å². The van der Waals surface area contributed by atoms with E-state index in [1.54, 1.807) is 6.07 Å². The molecule has 0 saturated carbocycles. The van der Waals surface area contributed by atoms with Gasteiger partial charge in [-0.1, -0.05) is 0 Å². The fraction of sp³-hybridized carbons (Fsp3) is 0.545. The lowest BCUT2D eigenvalue weighted by Gasteiger charge is -2.25. The second kappa shape index (κ2) is 5.57. The van der Waals surface area contributed by atoms with Crippen LogP contribution >= 0.6 is 11.8 Å². The van der Waals surface area contributed by atoms with Crippen LogP contribution in [0.4, 0.5) is 0 Å². The minimum atomic E-state index is -0.381. The molecule has 0 aromatic carbocycles. The topological polar surface area (TPSA) is 71.5 Å². The molecule has 2 heterocycles. The summed E-state index contributed by atoms with van der Waals surface area (Å²) in [5.74, 6) is 8.12. The number of carbonyl (C=O) groups is 1. The fourth-order valence-electron chi connectivity index (χ4n) is 1.86. The normalized spacial score (nSPS) is 17.1.